The minimum Gasteiger partial charge on any atom is -0.366 e. The summed E-state index contributed by atoms with van der Waals surface area (Å²) < 4.78 is 26.8. The average molecular weight is 311 g/mol. The molecule has 1 amide bonds. The second-order valence-corrected chi connectivity index (χ2v) is 7.70. The predicted molar refractivity (Wildman–Crippen MR) is 80.2 cm³/mol. The molecule has 1 aromatic rings. The largest absolute Gasteiger partial charge is 0.366 e. The van der Waals surface area contributed by atoms with E-state index < -0.39 is 15.9 Å². The number of hydrogen-bond donors (Lipinski definition) is 2. The van der Waals surface area contributed by atoms with Gasteiger partial charge in [0.15, 0.2) is 0 Å². The molecule has 1 saturated heterocycles. The van der Waals surface area contributed by atoms with Crippen LogP contribution in [0.1, 0.15) is 29.3 Å². The van der Waals surface area contributed by atoms with Gasteiger partial charge in [0.05, 0.1) is 4.90 Å². The summed E-state index contributed by atoms with van der Waals surface area (Å²) in [5, 5.41) is 0. The Labute approximate surface area is 125 Å². The number of carbonyl (C=O) groups excluding carboxylic acids is 1. The van der Waals surface area contributed by atoms with Gasteiger partial charge in [0.1, 0.15) is 0 Å². The molecule has 0 aromatic heterocycles. The molecule has 2 atom stereocenters. The third-order valence-electron chi connectivity index (χ3n) is 3.77. The first-order valence-electron chi connectivity index (χ1n) is 6.88. The smallest absolute Gasteiger partial charge is 0.249 e. The van der Waals surface area contributed by atoms with Gasteiger partial charge in [-0.15, -0.1) is 0 Å². The zero-order valence-electron chi connectivity index (χ0n) is 12.2. The Bertz CT molecular complexity index is 647. The van der Waals surface area contributed by atoms with E-state index in [1.165, 1.54) is 16.4 Å². The molecule has 1 fully saturated rings. The van der Waals surface area contributed by atoms with Gasteiger partial charge < -0.3 is 11.5 Å². The molecule has 2 unspecified atom stereocenters. The highest BCUT2D eigenvalue weighted by atomic mass is 32.2. The van der Waals surface area contributed by atoms with Crippen molar-refractivity contribution in [2.75, 3.05) is 13.1 Å². The van der Waals surface area contributed by atoms with Crippen molar-refractivity contribution in [2.24, 2.45) is 17.4 Å². The Morgan fingerprint density at radius 1 is 1.33 bits per heavy atom. The lowest BCUT2D eigenvalue weighted by Gasteiger charge is -2.33. The molecule has 0 aliphatic carbocycles. The van der Waals surface area contributed by atoms with Gasteiger partial charge in [-0.25, -0.2) is 8.42 Å². The second-order valence-electron chi connectivity index (χ2n) is 5.76. The van der Waals surface area contributed by atoms with Crippen LogP contribution in [0.3, 0.4) is 0 Å². The number of sulfonamides is 1. The first-order valence-corrected chi connectivity index (χ1v) is 8.32. The summed E-state index contributed by atoms with van der Waals surface area (Å²) in [5.74, 6) is -0.419. The summed E-state index contributed by atoms with van der Waals surface area (Å²) in [6, 6.07) is 4.28. The van der Waals surface area contributed by atoms with E-state index in [0.717, 1.165) is 6.42 Å². The zero-order valence-corrected chi connectivity index (χ0v) is 13.1. The van der Waals surface area contributed by atoms with E-state index in [9.17, 15) is 13.2 Å². The van der Waals surface area contributed by atoms with Gasteiger partial charge in [0.2, 0.25) is 15.9 Å². The molecule has 4 N–H and O–H groups in total. The Kier molecular flexibility index (Phi) is 4.36. The lowest BCUT2D eigenvalue weighted by Crippen LogP contribution is -2.48. The highest BCUT2D eigenvalue weighted by Gasteiger charge is 2.32. The van der Waals surface area contributed by atoms with E-state index >= 15 is 0 Å². The van der Waals surface area contributed by atoms with Gasteiger partial charge in [0.25, 0.3) is 0 Å². The number of benzene rings is 1. The number of rotatable bonds is 3. The lowest BCUT2D eigenvalue weighted by atomic mass is 9.99. The van der Waals surface area contributed by atoms with Gasteiger partial charge in [-0.1, -0.05) is 13.0 Å². The van der Waals surface area contributed by atoms with E-state index in [4.69, 9.17) is 11.5 Å². The van der Waals surface area contributed by atoms with E-state index in [0.29, 0.717) is 18.7 Å². The van der Waals surface area contributed by atoms with Crippen LogP contribution in [0.4, 0.5) is 0 Å². The molecule has 0 spiro atoms. The van der Waals surface area contributed by atoms with Crippen molar-refractivity contribution < 1.29 is 13.2 Å². The average Bonchev–Trinajstić information content (AvgIpc) is 2.37. The monoisotopic (exact) mass is 311 g/mol. The summed E-state index contributed by atoms with van der Waals surface area (Å²) in [7, 11) is -3.66. The topological polar surface area (TPSA) is 106 Å². The number of nitrogens with zero attached hydrogens (tertiary/aromatic N) is 1. The molecule has 1 heterocycles. The summed E-state index contributed by atoms with van der Waals surface area (Å²) >= 11 is 0. The van der Waals surface area contributed by atoms with Crippen molar-refractivity contribution in [3.05, 3.63) is 29.3 Å². The molecule has 7 heteroatoms. The number of nitrogens with two attached hydrogens (primary N) is 2. The third kappa shape index (κ3) is 3.25. The third-order valence-corrected chi connectivity index (χ3v) is 5.60. The van der Waals surface area contributed by atoms with Crippen molar-refractivity contribution in [2.45, 2.75) is 31.2 Å². The molecule has 0 saturated carbocycles. The van der Waals surface area contributed by atoms with E-state index in [2.05, 4.69) is 0 Å². The Hall–Kier alpha value is -1.44. The van der Waals surface area contributed by atoms with Crippen LogP contribution >= 0.6 is 0 Å². The first-order chi connectivity index (χ1) is 9.71. The van der Waals surface area contributed by atoms with Crippen LogP contribution in [-0.4, -0.2) is 37.8 Å². The molecule has 1 aromatic carbocycles. The van der Waals surface area contributed by atoms with Crippen LogP contribution in [0.25, 0.3) is 0 Å². The summed E-state index contributed by atoms with van der Waals surface area (Å²) in [6.07, 6.45) is 0.812. The van der Waals surface area contributed by atoms with Crippen LogP contribution in [0.15, 0.2) is 23.1 Å². The van der Waals surface area contributed by atoms with Crippen LogP contribution in [0.5, 0.6) is 0 Å². The lowest BCUT2D eigenvalue weighted by molar-refractivity contribution is 0.0999. The summed E-state index contributed by atoms with van der Waals surface area (Å²) in [6.45, 7) is 4.43. The predicted octanol–water partition coefficient (Wildman–Crippen LogP) is 0.452. The highest BCUT2D eigenvalue weighted by Crippen LogP contribution is 2.24. The quantitative estimate of drug-likeness (QED) is 0.845. The van der Waals surface area contributed by atoms with Crippen LogP contribution in [-0.2, 0) is 10.0 Å². The Morgan fingerprint density at radius 3 is 2.57 bits per heavy atom. The molecule has 0 radical (unpaired) electrons. The second kappa shape index (κ2) is 5.75. The first kappa shape index (κ1) is 15.9. The normalized spacial score (nSPS) is 24.0. The van der Waals surface area contributed by atoms with Gasteiger partial charge in [-0.3, -0.25) is 4.79 Å². The number of carbonyl (C=O) groups is 1. The molecular weight excluding hydrogens is 290 g/mol. The maximum Gasteiger partial charge on any atom is 0.249 e. The standard InChI is InChI=1S/C14H21N3O3S/c1-9-5-11(15)8-17(7-9)21(19,20)12-4-3-10(2)13(6-12)14(16)18/h3-4,6,9,11H,5,7-8,15H2,1-2H3,(H2,16,18). The SMILES string of the molecule is Cc1ccc(S(=O)(=O)N2CC(C)CC(N)C2)cc1C(N)=O. The van der Waals surface area contributed by atoms with Crippen LogP contribution in [0.2, 0.25) is 0 Å². The molecule has 1 aliphatic heterocycles. The molecule has 2 rings (SSSR count). The van der Waals surface area contributed by atoms with Gasteiger partial charge in [-0.05, 0) is 37.0 Å². The fourth-order valence-electron chi connectivity index (χ4n) is 2.72. The summed E-state index contributed by atoms with van der Waals surface area (Å²) in [4.78, 5) is 11.5. The molecule has 0 bridgehead atoms. The minimum absolute atomic E-state index is 0.0863. The fraction of sp³-hybridized carbons (Fsp3) is 0.500. The van der Waals surface area contributed by atoms with Crippen molar-refractivity contribution >= 4 is 15.9 Å². The number of amides is 1. The number of hydrogen-bond acceptors (Lipinski definition) is 4. The minimum atomic E-state index is -3.66. The molecular formula is C14H21N3O3S. The molecule has 1 aliphatic rings. The highest BCUT2D eigenvalue weighted by molar-refractivity contribution is 7.89. The van der Waals surface area contributed by atoms with E-state index in [1.54, 1.807) is 13.0 Å². The van der Waals surface area contributed by atoms with Crippen LogP contribution < -0.4 is 11.5 Å². The number of aryl methyl sites for hydroxylation is 1. The van der Waals surface area contributed by atoms with Crippen molar-refractivity contribution in [1.29, 1.82) is 0 Å². The number of primary amides is 1. The Morgan fingerprint density at radius 2 is 2.00 bits per heavy atom. The summed E-state index contributed by atoms with van der Waals surface area (Å²) in [5.41, 5.74) is 12.1. The maximum absolute atomic E-state index is 12.7. The molecule has 6 nitrogen and oxygen atoms in total. The van der Waals surface area contributed by atoms with Gasteiger partial charge in [0, 0.05) is 24.7 Å². The fourth-order valence-corrected chi connectivity index (χ4v) is 4.37. The van der Waals surface area contributed by atoms with Crippen molar-refractivity contribution in [1.82, 2.24) is 4.31 Å². The zero-order chi connectivity index (χ0) is 15.8. The maximum atomic E-state index is 12.7. The Balaban J connectivity index is 2.40. The molecule has 116 valence electrons. The van der Waals surface area contributed by atoms with Gasteiger partial charge in [-0.2, -0.15) is 4.31 Å². The van der Waals surface area contributed by atoms with E-state index in [-0.39, 0.29) is 22.4 Å². The van der Waals surface area contributed by atoms with Crippen LogP contribution in [0, 0.1) is 12.8 Å². The van der Waals surface area contributed by atoms with Crippen molar-refractivity contribution in [3.63, 3.8) is 0 Å². The van der Waals surface area contributed by atoms with Gasteiger partial charge >= 0.3 is 0 Å². The van der Waals surface area contributed by atoms with Crippen molar-refractivity contribution in [3.8, 4) is 0 Å². The number of piperidine rings is 1. The van der Waals surface area contributed by atoms with E-state index in [1.807, 2.05) is 6.92 Å². The molecule has 21 heavy (non-hydrogen) atoms.